The van der Waals surface area contributed by atoms with Crippen molar-refractivity contribution in [3.8, 4) is 0 Å². The minimum atomic E-state index is -0.521. The van der Waals surface area contributed by atoms with Gasteiger partial charge in [0.15, 0.2) is 5.82 Å². The van der Waals surface area contributed by atoms with Gasteiger partial charge in [0.25, 0.3) is 0 Å². The number of carbonyl (C=O) groups excluding carboxylic acids is 1. The van der Waals surface area contributed by atoms with E-state index in [1.54, 1.807) is 13.0 Å². The van der Waals surface area contributed by atoms with E-state index >= 15 is 0 Å². The average molecular weight is 360 g/mol. The van der Waals surface area contributed by atoms with E-state index in [-0.39, 0.29) is 27.1 Å². The molecule has 1 aromatic rings. The van der Waals surface area contributed by atoms with Crippen molar-refractivity contribution in [2.75, 3.05) is 5.32 Å². The molecule has 7 heteroatoms. The zero-order chi connectivity index (χ0) is 14.9. The summed E-state index contributed by atoms with van der Waals surface area (Å²) < 4.78 is 14.4. The largest absolute Gasteiger partial charge is 0.389 e. The van der Waals surface area contributed by atoms with Crippen LogP contribution in [0.5, 0.6) is 0 Å². The van der Waals surface area contributed by atoms with Crippen LogP contribution in [0.25, 0.3) is 0 Å². The fraction of sp³-hybridized carbons (Fsp3) is 0.385. The van der Waals surface area contributed by atoms with Crippen LogP contribution in [0.1, 0.15) is 25.3 Å². The van der Waals surface area contributed by atoms with E-state index in [0.717, 1.165) is 12.8 Å². The van der Waals surface area contributed by atoms with E-state index in [0.29, 0.717) is 5.56 Å². The SMILES string of the molecule is CC(Nc1ccc(C(N)=S)c(Br)c1F)C(=O)NC1CC1. The topological polar surface area (TPSA) is 67.1 Å². The van der Waals surface area contributed by atoms with Crippen LogP contribution in [0.15, 0.2) is 16.6 Å². The molecule has 0 radical (unpaired) electrons. The van der Waals surface area contributed by atoms with E-state index in [2.05, 4.69) is 26.6 Å². The summed E-state index contributed by atoms with van der Waals surface area (Å²) in [7, 11) is 0. The lowest BCUT2D eigenvalue weighted by atomic mass is 10.2. The predicted octanol–water partition coefficient (Wildman–Crippen LogP) is 2.30. The molecular weight excluding hydrogens is 345 g/mol. The van der Waals surface area contributed by atoms with Crippen LogP contribution in [0.2, 0.25) is 0 Å². The monoisotopic (exact) mass is 359 g/mol. The maximum absolute atomic E-state index is 14.2. The maximum Gasteiger partial charge on any atom is 0.242 e. The lowest BCUT2D eigenvalue weighted by Crippen LogP contribution is -2.38. The van der Waals surface area contributed by atoms with Gasteiger partial charge >= 0.3 is 0 Å². The van der Waals surface area contributed by atoms with Crippen LogP contribution < -0.4 is 16.4 Å². The van der Waals surface area contributed by atoms with Gasteiger partial charge in [0.2, 0.25) is 5.91 Å². The summed E-state index contributed by atoms with van der Waals surface area (Å²) in [5.74, 6) is -0.650. The number of anilines is 1. The fourth-order valence-corrected chi connectivity index (χ4v) is 2.56. The van der Waals surface area contributed by atoms with E-state index in [1.807, 2.05) is 0 Å². The summed E-state index contributed by atoms with van der Waals surface area (Å²) in [4.78, 5) is 11.9. The molecule has 108 valence electrons. The highest BCUT2D eigenvalue weighted by Gasteiger charge is 2.26. The minimum absolute atomic E-state index is 0.113. The molecule has 0 bridgehead atoms. The molecule has 0 spiro atoms. The van der Waals surface area contributed by atoms with Gasteiger partial charge in [-0.3, -0.25) is 4.79 Å². The summed E-state index contributed by atoms with van der Waals surface area (Å²) in [6, 6.07) is 2.90. The molecule has 1 fully saturated rings. The summed E-state index contributed by atoms with van der Waals surface area (Å²) in [5, 5.41) is 5.71. The van der Waals surface area contributed by atoms with E-state index < -0.39 is 11.9 Å². The smallest absolute Gasteiger partial charge is 0.242 e. The number of carbonyl (C=O) groups is 1. The highest BCUT2D eigenvalue weighted by atomic mass is 79.9. The molecule has 1 aliphatic carbocycles. The van der Waals surface area contributed by atoms with Crippen LogP contribution in [0, 0.1) is 5.82 Å². The van der Waals surface area contributed by atoms with Crippen LogP contribution >= 0.6 is 28.1 Å². The molecule has 0 heterocycles. The van der Waals surface area contributed by atoms with Crippen LogP contribution in [0.3, 0.4) is 0 Å². The quantitative estimate of drug-likeness (QED) is 0.705. The summed E-state index contributed by atoms with van der Waals surface area (Å²) in [5.41, 5.74) is 6.16. The maximum atomic E-state index is 14.2. The summed E-state index contributed by atoms with van der Waals surface area (Å²) >= 11 is 7.96. The number of amides is 1. The number of nitrogens with one attached hydrogen (secondary N) is 2. The summed E-state index contributed by atoms with van der Waals surface area (Å²) in [6.45, 7) is 1.69. The molecule has 0 aromatic heterocycles. The summed E-state index contributed by atoms with van der Waals surface area (Å²) in [6.07, 6.45) is 2.03. The number of hydrogen-bond donors (Lipinski definition) is 3. The van der Waals surface area contributed by atoms with Gasteiger partial charge < -0.3 is 16.4 Å². The Morgan fingerprint density at radius 1 is 1.55 bits per heavy atom. The van der Waals surface area contributed by atoms with Crippen LogP contribution in [-0.2, 0) is 4.79 Å². The highest BCUT2D eigenvalue weighted by Crippen LogP contribution is 2.27. The molecule has 1 saturated carbocycles. The molecule has 1 amide bonds. The molecule has 0 saturated heterocycles. The highest BCUT2D eigenvalue weighted by molar-refractivity contribution is 9.10. The van der Waals surface area contributed by atoms with Crippen LogP contribution in [-0.4, -0.2) is 23.0 Å². The number of halogens is 2. The Labute approximate surface area is 130 Å². The first-order valence-electron chi connectivity index (χ1n) is 6.25. The third-order valence-corrected chi connectivity index (χ3v) is 4.03. The lowest BCUT2D eigenvalue weighted by Gasteiger charge is -2.17. The third-order valence-electron chi connectivity index (χ3n) is 3.04. The molecule has 1 aromatic carbocycles. The zero-order valence-corrected chi connectivity index (χ0v) is 13.3. The number of rotatable bonds is 5. The van der Waals surface area contributed by atoms with Gasteiger partial charge in [-0.2, -0.15) is 0 Å². The third kappa shape index (κ3) is 3.46. The Hall–Kier alpha value is -1.21. The number of thiocarbonyl (C=S) groups is 1. The van der Waals surface area contributed by atoms with Crippen molar-refractivity contribution in [3.63, 3.8) is 0 Å². The molecule has 4 N–H and O–H groups in total. The predicted molar refractivity (Wildman–Crippen MR) is 84.2 cm³/mol. The molecule has 0 aliphatic heterocycles. The first kappa shape index (κ1) is 15.2. The Kier molecular flexibility index (Phi) is 4.59. The Morgan fingerprint density at radius 2 is 2.20 bits per heavy atom. The number of benzene rings is 1. The van der Waals surface area contributed by atoms with Crippen molar-refractivity contribution in [2.24, 2.45) is 5.73 Å². The van der Waals surface area contributed by atoms with Crippen molar-refractivity contribution < 1.29 is 9.18 Å². The fourth-order valence-electron chi connectivity index (χ4n) is 1.70. The Morgan fingerprint density at radius 3 is 2.75 bits per heavy atom. The lowest BCUT2D eigenvalue weighted by molar-refractivity contribution is -0.121. The van der Waals surface area contributed by atoms with Gasteiger partial charge in [0.05, 0.1) is 10.2 Å². The van der Waals surface area contributed by atoms with Crippen molar-refractivity contribution in [2.45, 2.75) is 31.8 Å². The zero-order valence-electron chi connectivity index (χ0n) is 10.9. The van der Waals surface area contributed by atoms with Gasteiger partial charge in [-0.15, -0.1) is 0 Å². The van der Waals surface area contributed by atoms with E-state index in [1.165, 1.54) is 6.07 Å². The van der Waals surface area contributed by atoms with Gasteiger partial charge in [-0.05, 0) is 47.8 Å². The molecule has 2 rings (SSSR count). The molecule has 1 unspecified atom stereocenters. The molecule has 1 aliphatic rings. The first-order valence-corrected chi connectivity index (χ1v) is 7.45. The van der Waals surface area contributed by atoms with Gasteiger partial charge in [-0.1, -0.05) is 12.2 Å². The van der Waals surface area contributed by atoms with E-state index in [4.69, 9.17) is 18.0 Å². The second kappa shape index (κ2) is 6.05. The molecular formula is C13H15BrFN3OS. The van der Waals surface area contributed by atoms with Crippen molar-refractivity contribution >= 4 is 44.7 Å². The van der Waals surface area contributed by atoms with Gasteiger partial charge in [-0.25, -0.2) is 4.39 Å². The van der Waals surface area contributed by atoms with Crippen molar-refractivity contribution in [3.05, 3.63) is 28.0 Å². The number of nitrogens with two attached hydrogens (primary N) is 1. The van der Waals surface area contributed by atoms with Crippen LogP contribution in [0.4, 0.5) is 10.1 Å². The van der Waals surface area contributed by atoms with Crippen molar-refractivity contribution in [1.29, 1.82) is 0 Å². The second-order valence-electron chi connectivity index (χ2n) is 4.80. The normalized spacial score (nSPS) is 15.6. The van der Waals surface area contributed by atoms with Crippen molar-refractivity contribution in [1.82, 2.24) is 5.32 Å². The minimum Gasteiger partial charge on any atom is -0.389 e. The van der Waals surface area contributed by atoms with Gasteiger partial charge in [0.1, 0.15) is 11.0 Å². The number of hydrogen-bond acceptors (Lipinski definition) is 3. The standard InChI is InChI=1S/C13H15BrFN3OS/c1-6(13(19)18-7-2-3-7)17-9-5-4-8(12(16)20)10(14)11(9)15/h4-7,17H,2-3H2,1H3,(H2,16,20)(H,18,19). The van der Waals surface area contributed by atoms with Gasteiger partial charge in [0, 0.05) is 11.6 Å². The Balaban J connectivity index is 2.10. The second-order valence-corrected chi connectivity index (χ2v) is 6.03. The average Bonchev–Trinajstić information content (AvgIpc) is 3.18. The molecule has 1 atom stereocenters. The first-order chi connectivity index (χ1) is 9.40. The molecule has 4 nitrogen and oxygen atoms in total. The van der Waals surface area contributed by atoms with E-state index in [9.17, 15) is 9.18 Å². The Bertz CT molecular complexity index is 563. The molecule has 20 heavy (non-hydrogen) atoms.